The fourth-order valence-corrected chi connectivity index (χ4v) is 2.30. The van der Waals surface area contributed by atoms with E-state index < -0.39 is 6.23 Å². The first-order valence-corrected chi connectivity index (χ1v) is 6.27. The van der Waals surface area contributed by atoms with Crippen LogP contribution in [0.2, 0.25) is 0 Å². The maximum atomic E-state index is 12.2. The third-order valence-electron chi connectivity index (χ3n) is 3.38. The molecule has 0 aliphatic carbocycles. The molecular weight excluding hydrogens is 256 g/mol. The van der Waals surface area contributed by atoms with Gasteiger partial charge in [-0.2, -0.15) is 0 Å². The lowest BCUT2D eigenvalue weighted by atomic mass is 10.2. The molecule has 1 aromatic heterocycles. The number of aromatic nitrogens is 1. The van der Waals surface area contributed by atoms with E-state index in [0.29, 0.717) is 17.8 Å². The average molecular weight is 270 g/mol. The predicted molar refractivity (Wildman–Crippen MR) is 72.1 cm³/mol. The molecule has 5 nitrogen and oxygen atoms in total. The van der Waals surface area contributed by atoms with Crippen LogP contribution in [0.5, 0.6) is 5.75 Å². The van der Waals surface area contributed by atoms with Gasteiger partial charge in [0.05, 0.1) is 12.7 Å². The number of carbonyl (C=O) groups is 1. The van der Waals surface area contributed by atoms with E-state index in [2.05, 4.69) is 4.98 Å². The third kappa shape index (κ3) is 2.02. The summed E-state index contributed by atoms with van der Waals surface area (Å²) in [6, 6.07) is 10.8. The molecule has 5 heteroatoms. The van der Waals surface area contributed by atoms with Crippen molar-refractivity contribution in [1.29, 1.82) is 0 Å². The van der Waals surface area contributed by atoms with E-state index >= 15 is 0 Å². The molecule has 1 aliphatic rings. The van der Waals surface area contributed by atoms with E-state index in [1.165, 1.54) is 4.90 Å². The van der Waals surface area contributed by atoms with Crippen LogP contribution in [0.25, 0.3) is 0 Å². The lowest BCUT2D eigenvalue weighted by Gasteiger charge is -2.20. The molecular formula is C15H14N2O3. The van der Waals surface area contributed by atoms with Gasteiger partial charge in [0.15, 0.2) is 6.23 Å². The second-order valence-corrected chi connectivity index (χ2v) is 4.59. The summed E-state index contributed by atoms with van der Waals surface area (Å²) in [7, 11) is 1.60. The summed E-state index contributed by atoms with van der Waals surface area (Å²) in [5, 5.41) is 10.2. The average Bonchev–Trinajstić information content (AvgIpc) is 2.74. The van der Waals surface area contributed by atoms with Crippen molar-refractivity contribution in [3.05, 3.63) is 59.4 Å². The van der Waals surface area contributed by atoms with Gasteiger partial charge in [0.1, 0.15) is 11.4 Å². The Balaban J connectivity index is 1.83. The van der Waals surface area contributed by atoms with Gasteiger partial charge in [-0.05, 0) is 29.8 Å². The lowest BCUT2D eigenvalue weighted by Crippen LogP contribution is -2.27. The van der Waals surface area contributed by atoms with Crippen LogP contribution in [0, 0.1) is 0 Å². The number of fused-ring (bicyclic) bond motifs is 1. The molecule has 1 aliphatic heterocycles. The fourth-order valence-electron chi connectivity index (χ4n) is 2.30. The highest BCUT2D eigenvalue weighted by atomic mass is 16.5. The SMILES string of the molecule is COc1ccc(CN2C(=O)c3cccnc3[C@@H]2O)cc1. The lowest BCUT2D eigenvalue weighted by molar-refractivity contribution is 0.0120. The molecule has 0 fully saturated rings. The molecule has 1 amide bonds. The first-order valence-electron chi connectivity index (χ1n) is 6.27. The number of methoxy groups -OCH3 is 1. The Kier molecular flexibility index (Phi) is 3.12. The molecule has 2 heterocycles. The molecule has 0 spiro atoms. The molecule has 0 bridgehead atoms. The molecule has 1 N–H and O–H groups in total. The third-order valence-corrected chi connectivity index (χ3v) is 3.38. The quantitative estimate of drug-likeness (QED) is 0.922. The van der Waals surface area contributed by atoms with Crippen molar-refractivity contribution in [1.82, 2.24) is 9.88 Å². The standard InChI is InChI=1S/C15H14N2O3/c1-20-11-6-4-10(5-7-11)9-17-14(18)12-3-2-8-16-13(12)15(17)19/h2-8,15,19H,9H2,1H3/t15-/m0/s1. The van der Waals surface area contributed by atoms with E-state index in [-0.39, 0.29) is 5.91 Å². The van der Waals surface area contributed by atoms with E-state index in [1.807, 2.05) is 24.3 Å². The maximum Gasteiger partial charge on any atom is 0.258 e. The fraction of sp³-hybridized carbons (Fsp3) is 0.200. The van der Waals surface area contributed by atoms with Crippen LogP contribution in [0.15, 0.2) is 42.6 Å². The molecule has 2 aromatic rings. The molecule has 20 heavy (non-hydrogen) atoms. The first-order chi connectivity index (χ1) is 9.70. The first kappa shape index (κ1) is 12.6. The number of ether oxygens (including phenoxy) is 1. The van der Waals surface area contributed by atoms with E-state index in [4.69, 9.17) is 4.74 Å². The zero-order valence-electron chi connectivity index (χ0n) is 11.0. The summed E-state index contributed by atoms with van der Waals surface area (Å²) in [4.78, 5) is 17.7. The molecule has 3 rings (SSSR count). The maximum absolute atomic E-state index is 12.2. The number of hydrogen-bond acceptors (Lipinski definition) is 4. The van der Waals surface area contributed by atoms with Crippen molar-refractivity contribution in [2.75, 3.05) is 7.11 Å². The number of aliphatic hydroxyl groups is 1. The Morgan fingerprint density at radius 2 is 2.05 bits per heavy atom. The molecule has 1 aromatic carbocycles. The summed E-state index contributed by atoms with van der Waals surface area (Å²) in [5.41, 5.74) is 1.81. The van der Waals surface area contributed by atoms with Crippen LogP contribution in [-0.4, -0.2) is 28.0 Å². The van der Waals surface area contributed by atoms with Gasteiger partial charge in [-0.1, -0.05) is 12.1 Å². The van der Waals surface area contributed by atoms with Gasteiger partial charge in [-0.3, -0.25) is 9.78 Å². The number of amides is 1. The zero-order valence-corrected chi connectivity index (χ0v) is 11.0. The molecule has 0 radical (unpaired) electrons. The van der Waals surface area contributed by atoms with E-state index in [9.17, 15) is 9.90 Å². The number of rotatable bonds is 3. The van der Waals surface area contributed by atoms with Gasteiger partial charge in [0.25, 0.3) is 5.91 Å². The number of hydrogen-bond donors (Lipinski definition) is 1. The Bertz CT molecular complexity index is 640. The van der Waals surface area contributed by atoms with Crippen LogP contribution < -0.4 is 4.74 Å². The number of nitrogens with zero attached hydrogens (tertiary/aromatic N) is 2. The summed E-state index contributed by atoms with van der Waals surface area (Å²) in [5.74, 6) is 0.559. The van der Waals surface area contributed by atoms with Crippen molar-refractivity contribution >= 4 is 5.91 Å². The second kappa shape index (κ2) is 4.94. The minimum atomic E-state index is -0.985. The normalized spacial score (nSPS) is 17.2. The van der Waals surface area contributed by atoms with Gasteiger partial charge in [0, 0.05) is 12.7 Å². The monoisotopic (exact) mass is 270 g/mol. The van der Waals surface area contributed by atoms with Crippen molar-refractivity contribution in [3.63, 3.8) is 0 Å². The van der Waals surface area contributed by atoms with Crippen molar-refractivity contribution in [2.45, 2.75) is 12.8 Å². The van der Waals surface area contributed by atoms with Crippen LogP contribution >= 0.6 is 0 Å². The Morgan fingerprint density at radius 1 is 1.30 bits per heavy atom. The molecule has 1 atom stereocenters. The van der Waals surface area contributed by atoms with Gasteiger partial charge in [-0.25, -0.2) is 0 Å². The molecule has 0 saturated carbocycles. The van der Waals surface area contributed by atoms with Crippen molar-refractivity contribution in [2.24, 2.45) is 0 Å². The molecule has 0 saturated heterocycles. The number of benzene rings is 1. The highest BCUT2D eigenvalue weighted by Crippen LogP contribution is 2.31. The van der Waals surface area contributed by atoms with Crippen LogP contribution in [0.4, 0.5) is 0 Å². The van der Waals surface area contributed by atoms with Crippen LogP contribution in [0.3, 0.4) is 0 Å². The Hall–Kier alpha value is -2.40. The summed E-state index contributed by atoms with van der Waals surface area (Å²) < 4.78 is 5.09. The Morgan fingerprint density at radius 3 is 2.70 bits per heavy atom. The van der Waals surface area contributed by atoms with Gasteiger partial charge < -0.3 is 14.7 Å². The van der Waals surface area contributed by atoms with Crippen molar-refractivity contribution in [3.8, 4) is 5.75 Å². The summed E-state index contributed by atoms with van der Waals surface area (Å²) in [6.45, 7) is 0.334. The highest BCUT2D eigenvalue weighted by Gasteiger charge is 2.36. The van der Waals surface area contributed by atoms with Crippen LogP contribution in [-0.2, 0) is 6.54 Å². The second-order valence-electron chi connectivity index (χ2n) is 4.59. The number of carbonyl (C=O) groups excluding carboxylic acids is 1. The summed E-state index contributed by atoms with van der Waals surface area (Å²) in [6.07, 6.45) is 0.590. The molecule has 0 unspecified atom stereocenters. The minimum Gasteiger partial charge on any atom is -0.497 e. The topological polar surface area (TPSA) is 62.7 Å². The van der Waals surface area contributed by atoms with Gasteiger partial charge >= 0.3 is 0 Å². The minimum absolute atomic E-state index is 0.198. The van der Waals surface area contributed by atoms with Crippen molar-refractivity contribution < 1.29 is 14.6 Å². The smallest absolute Gasteiger partial charge is 0.258 e. The number of aliphatic hydroxyl groups excluding tert-OH is 1. The number of pyridine rings is 1. The summed E-state index contributed by atoms with van der Waals surface area (Å²) >= 11 is 0. The predicted octanol–water partition coefficient (Wildman–Crippen LogP) is 1.74. The van der Waals surface area contributed by atoms with Crippen LogP contribution in [0.1, 0.15) is 27.8 Å². The van der Waals surface area contributed by atoms with Gasteiger partial charge in [-0.15, -0.1) is 0 Å². The largest absolute Gasteiger partial charge is 0.497 e. The highest BCUT2D eigenvalue weighted by molar-refractivity contribution is 5.98. The Labute approximate surface area is 116 Å². The van der Waals surface area contributed by atoms with E-state index in [1.54, 1.807) is 25.4 Å². The van der Waals surface area contributed by atoms with Gasteiger partial charge in [0.2, 0.25) is 0 Å². The molecule has 102 valence electrons. The zero-order chi connectivity index (χ0) is 14.1. The van der Waals surface area contributed by atoms with E-state index in [0.717, 1.165) is 11.3 Å².